The fourth-order valence-corrected chi connectivity index (χ4v) is 3.38. The van der Waals surface area contributed by atoms with Crippen LogP contribution in [0.2, 0.25) is 0 Å². The zero-order valence-electron chi connectivity index (χ0n) is 17.3. The molecule has 0 bridgehead atoms. The number of hydrogen-bond donors (Lipinski definition) is 2. The first-order chi connectivity index (χ1) is 13.9. The summed E-state index contributed by atoms with van der Waals surface area (Å²) in [5, 5.41) is 3.43. The molecule has 1 fully saturated rings. The SMILES string of the molecule is CC(C)Nc1nc2c(-c3cnc(N)nc3)nc(N3CCOCC3)nc2n1C(C)C. The lowest BCUT2D eigenvalue weighted by Crippen LogP contribution is -2.37. The Balaban J connectivity index is 1.96. The third-order valence-corrected chi connectivity index (χ3v) is 4.70. The molecular formula is C19H27N9O. The summed E-state index contributed by atoms with van der Waals surface area (Å²) in [6, 6.07) is 0.406. The largest absolute Gasteiger partial charge is 0.378 e. The van der Waals surface area contributed by atoms with Gasteiger partial charge < -0.3 is 20.7 Å². The quantitative estimate of drug-likeness (QED) is 0.667. The average molecular weight is 397 g/mol. The van der Waals surface area contributed by atoms with E-state index in [2.05, 4.69) is 52.4 Å². The Morgan fingerprint density at radius 1 is 1.03 bits per heavy atom. The summed E-state index contributed by atoms with van der Waals surface area (Å²) in [6.07, 6.45) is 3.36. The van der Waals surface area contributed by atoms with Crippen molar-refractivity contribution in [1.82, 2.24) is 29.5 Å². The molecule has 10 nitrogen and oxygen atoms in total. The second kappa shape index (κ2) is 7.78. The predicted molar refractivity (Wildman–Crippen MR) is 113 cm³/mol. The summed E-state index contributed by atoms with van der Waals surface area (Å²) in [7, 11) is 0. The number of nitrogens with two attached hydrogens (primary N) is 1. The van der Waals surface area contributed by atoms with E-state index in [0.29, 0.717) is 30.4 Å². The fraction of sp³-hybridized carbons (Fsp3) is 0.526. The number of nitrogens with zero attached hydrogens (tertiary/aromatic N) is 7. The van der Waals surface area contributed by atoms with Gasteiger partial charge in [-0.15, -0.1) is 0 Å². The molecule has 4 rings (SSSR count). The zero-order valence-corrected chi connectivity index (χ0v) is 17.3. The van der Waals surface area contributed by atoms with Gasteiger partial charge in [0.2, 0.25) is 17.8 Å². The summed E-state index contributed by atoms with van der Waals surface area (Å²) in [5.74, 6) is 1.66. The molecule has 1 aliphatic heterocycles. The van der Waals surface area contributed by atoms with Crippen molar-refractivity contribution in [3.8, 4) is 11.3 Å². The second-order valence-corrected chi connectivity index (χ2v) is 7.67. The average Bonchev–Trinajstić information content (AvgIpc) is 3.06. The van der Waals surface area contributed by atoms with Gasteiger partial charge in [-0.3, -0.25) is 4.57 Å². The van der Waals surface area contributed by atoms with Crippen molar-refractivity contribution in [2.45, 2.75) is 39.8 Å². The number of rotatable bonds is 5. The van der Waals surface area contributed by atoms with E-state index >= 15 is 0 Å². The molecule has 3 aromatic rings. The molecule has 0 spiro atoms. The first-order valence-corrected chi connectivity index (χ1v) is 9.91. The molecule has 0 atom stereocenters. The molecule has 0 aliphatic carbocycles. The normalized spacial score (nSPS) is 14.9. The number of nitrogen functional groups attached to an aromatic ring is 1. The summed E-state index contributed by atoms with van der Waals surface area (Å²) < 4.78 is 7.60. The van der Waals surface area contributed by atoms with Gasteiger partial charge in [-0.25, -0.2) is 19.9 Å². The van der Waals surface area contributed by atoms with Crippen molar-refractivity contribution in [1.29, 1.82) is 0 Å². The highest BCUT2D eigenvalue weighted by atomic mass is 16.5. The molecule has 0 radical (unpaired) electrons. The van der Waals surface area contributed by atoms with Crippen molar-refractivity contribution in [2.75, 3.05) is 42.3 Å². The fourth-order valence-electron chi connectivity index (χ4n) is 3.38. The van der Waals surface area contributed by atoms with E-state index in [-0.39, 0.29) is 18.0 Å². The Hall–Kier alpha value is -3.01. The van der Waals surface area contributed by atoms with Crippen LogP contribution in [0.15, 0.2) is 12.4 Å². The molecule has 3 aromatic heterocycles. The van der Waals surface area contributed by atoms with E-state index in [4.69, 9.17) is 25.4 Å². The lowest BCUT2D eigenvalue weighted by molar-refractivity contribution is 0.122. The van der Waals surface area contributed by atoms with Gasteiger partial charge in [0.05, 0.1) is 13.2 Å². The van der Waals surface area contributed by atoms with Crippen LogP contribution in [-0.4, -0.2) is 61.8 Å². The third kappa shape index (κ3) is 3.80. The van der Waals surface area contributed by atoms with Crippen molar-refractivity contribution in [3.05, 3.63) is 12.4 Å². The summed E-state index contributed by atoms with van der Waals surface area (Å²) in [5.41, 5.74) is 8.63. The van der Waals surface area contributed by atoms with E-state index in [1.54, 1.807) is 12.4 Å². The van der Waals surface area contributed by atoms with Crippen LogP contribution in [0.1, 0.15) is 33.7 Å². The van der Waals surface area contributed by atoms with Crippen molar-refractivity contribution >= 4 is 29.0 Å². The summed E-state index contributed by atoms with van der Waals surface area (Å²) in [6.45, 7) is 11.2. The summed E-state index contributed by atoms with van der Waals surface area (Å²) >= 11 is 0. The maximum atomic E-state index is 5.68. The van der Waals surface area contributed by atoms with Crippen LogP contribution in [0.25, 0.3) is 22.4 Å². The Morgan fingerprint density at radius 2 is 1.72 bits per heavy atom. The minimum atomic E-state index is 0.171. The molecule has 0 aromatic carbocycles. The summed E-state index contributed by atoms with van der Waals surface area (Å²) in [4.78, 5) is 25.0. The second-order valence-electron chi connectivity index (χ2n) is 7.67. The third-order valence-electron chi connectivity index (χ3n) is 4.70. The Morgan fingerprint density at radius 3 is 2.34 bits per heavy atom. The maximum absolute atomic E-state index is 5.68. The lowest BCUT2D eigenvalue weighted by Gasteiger charge is -2.27. The first kappa shape index (κ1) is 19.3. The van der Waals surface area contributed by atoms with Crippen molar-refractivity contribution in [3.63, 3.8) is 0 Å². The molecule has 0 unspecified atom stereocenters. The van der Waals surface area contributed by atoms with E-state index in [1.165, 1.54) is 0 Å². The molecule has 4 heterocycles. The Labute approximate surface area is 169 Å². The number of fused-ring (bicyclic) bond motifs is 1. The van der Waals surface area contributed by atoms with Gasteiger partial charge in [0.1, 0.15) is 11.2 Å². The van der Waals surface area contributed by atoms with Crippen LogP contribution < -0.4 is 16.0 Å². The van der Waals surface area contributed by atoms with Crippen LogP contribution in [0.5, 0.6) is 0 Å². The molecule has 1 aliphatic rings. The van der Waals surface area contributed by atoms with Gasteiger partial charge in [0.25, 0.3) is 0 Å². The molecule has 3 N–H and O–H groups in total. The minimum absolute atomic E-state index is 0.171. The number of nitrogens with one attached hydrogen (secondary N) is 1. The number of anilines is 3. The molecule has 154 valence electrons. The van der Waals surface area contributed by atoms with Gasteiger partial charge in [-0.05, 0) is 27.7 Å². The lowest BCUT2D eigenvalue weighted by atomic mass is 10.2. The number of imidazole rings is 1. The van der Waals surface area contributed by atoms with Gasteiger partial charge in [-0.2, -0.15) is 4.98 Å². The highest BCUT2D eigenvalue weighted by Crippen LogP contribution is 2.32. The van der Waals surface area contributed by atoms with Gasteiger partial charge >= 0.3 is 0 Å². The molecule has 0 amide bonds. The maximum Gasteiger partial charge on any atom is 0.228 e. The smallest absolute Gasteiger partial charge is 0.228 e. The van der Waals surface area contributed by atoms with E-state index in [9.17, 15) is 0 Å². The molecule has 1 saturated heterocycles. The first-order valence-electron chi connectivity index (χ1n) is 9.91. The number of hydrogen-bond acceptors (Lipinski definition) is 9. The molecule has 0 saturated carbocycles. The molecular weight excluding hydrogens is 370 g/mol. The van der Waals surface area contributed by atoms with Crippen LogP contribution >= 0.6 is 0 Å². The zero-order chi connectivity index (χ0) is 20.5. The Kier molecular flexibility index (Phi) is 5.18. The van der Waals surface area contributed by atoms with E-state index in [1.807, 2.05) is 0 Å². The number of aromatic nitrogens is 6. The van der Waals surface area contributed by atoms with Crippen LogP contribution in [0.4, 0.5) is 17.8 Å². The number of morpholine rings is 1. The minimum Gasteiger partial charge on any atom is -0.378 e. The van der Waals surface area contributed by atoms with E-state index < -0.39 is 0 Å². The van der Waals surface area contributed by atoms with Gasteiger partial charge in [-0.1, -0.05) is 0 Å². The van der Waals surface area contributed by atoms with Crippen LogP contribution in [0, 0.1) is 0 Å². The van der Waals surface area contributed by atoms with Crippen molar-refractivity contribution < 1.29 is 4.74 Å². The molecule has 10 heteroatoms. The highest BCUT2D eigenvalue weighted by Gasteiger charge is 2.24. The highest BCUT2D eigenvalue weighted by molar-refractivity contribution is 5.90. The predicted octanol–water partition coefficient (Wildman–Crippen LogP) is 2.10. The topological polar surface area (TPSA) is 120 Å². The van der Waals surface area contributed by atoms with Gasteiger partial charge in [0, 0.05) is 43.1 Å². The molecule has 29 heavy (non-hydrogen) atoms. The van der Waals surface area contributed by atoms with E-state index in [0.717, 1.165) is 30.2 Å². The Bertz CT molecular complexity index is 991. The van der Waals surface area contributed by atoms with Crippen molar-refractivity contribution in [2.24, 2.45) is 0 Å². The monoisotopic (exact) mass is 397 g/mol. The standard InChI is InChI=1S/C19H27N9O/c1-11(2)23-19-25-15-14(13-9-21-17(20)22-10-13)24-18(27-5-7-29-8-6-27)26-16(15)28(19)12(3)4/h9-12H,5-8H2,1-4H3,(H,23,25)(H2,20,21,22). The van der Waals surface area contributed by atoms with Crippen LogP contribution in [0.3, 0.4) is 0 Å². The van der Waals surface area contributed by atoms with Gasteiger partial charge in [0.15, 0.2) is 5.65 Å². The number of ether oxygens (including phenoxy) is 1. The van der Waals surface area contributed by atoms with Crippen LogP contribution in [-0.2, 0) is 4.74 Å².